The number of benzene rings is 2. The number of rotatable bonds is 10. The number of aromatic nitrogens is 1. The lowest BCUT2D eigenvalue weighted by molar-refractivity contribution is -0.155. The second kappa shape index (κ2) is 12.2. The summed E-state index contributed by atoms with van der Waals surface area (Å²) in [6.45, 7) is 8.57. The zero-order valence-corrected chi connectivity index (χ0v) is 25.3. The minimum atomic E-state index is -1.37. The molecule has 2 aliphatic rings. The summed E-state index contributed by atoms with van der Waals surface area (Å²) in [7, 11) is 0. The minimum absolute atomic E-state index is 0.00308. The van der Waals surface area contributed by atoms with Crippen molar-refractivity contribution in [3.05, 3.63) is 81.3 Å². The molecule has 5 rings (SSSR count). The topological polar surface area (TPSA) is 111 Å². The number of carbonyl (C=O) groups is 2. The van der Waals surface area contributed by atoms with Gasteiger partial charge in [0.05, 0.1) is 23.9 Å². The Morgan fingerprint density at radius 1 is 1.19 bits per heavy atom. The highest BCUT2D eigenvalue weighted by atomic mass is 32.1. The monoisotopic (exact) mass is 591 g/mol. The van der Waals surface area contributed by atoms with Crippen molar-refractivity contribution in [1.82, 2.24) is 9.88 Å². The van der Waals surface area contributed by atoms with Gasteiger partial charge in [-0.1, -0.05) is 24.3 Å². The first-order valence-electron chi connectivity index (χ1n) is 14.2. The van der Waals surface area contributed by atoms with Gasteiger partial charge in [-0.25, -0.2) is 9.98 Å². The summed E-state index contributed by atoms with van der Waals surface area (Å²) in [6.07, 6.45) is -0.0552. The molecule has 1 N–H and O–H groups in total. The number of ether oxygens (including phenoxy) is 3. The van der Waals surface area contributed by atoms with Crippen LogP contribution in [0.4, 0.5) is 0 Å². The Bertz CT molecular complexity index is 1460. The minimum Gasteiger partial charge on any atom is -0.494 e. The zero-order chi connectivity index (χ0) is 29.9. The lowest BCUT2D eigenvalue weighted by Gasteiger charge is -2.32. The van der Waals surface area contributed by atoms with E-state index in [1.54, 1.807) is 16.2 Å². The zero-order valence-electron chi connectivity index (χ0n) is 24.5. The van der Waals surface area contributed by atoms with E-state index in [0.717, 1.165) is 21.8 Å². The van der Waals surface area contributed by atoms with Crippen molar-refractivity contribution >= 4 is 29.1 Å². The van der Waals surface area contributed by atoms with Gasteiger partial charge in [-0.3, -0.25) is 9.59 Å². The van der Waals surface area contributed by atoms with Crippen LogP contribution in [-0.4, -0.2) is 57.1 Å². The molecule has 10 heteroatoms. The largest absolute Gasteiger partial charge is 0.494 e. The van der Waals surface area contributed by atoms with Crippen LogP contribution >= 0.6 is 11.3 Å². The van der Waals surface area contributed by atoms with Crippen LogP contribution in [0.15, 0.2) is 58.9 Å². The van der Waals surface area contributed by atoms with E-state index in [-0.39, 0.29) is 25.4 Å². The number of amides is 1. The van der Waals surface area contributed by atoms with Crippen LogP contribution in [0.2, 0.25) is 0 Å². The van der Waals surface area contributed by atoms with Crippen molar-refractivity contribution in [3.8, 4) is 5.75 Å². The van der Waals surface area contributed by atoms with Gasteiger partial charge >= 0.3 is 5.97 Å². The number of aryl methyl sites for hydroxylation is 1. The van der Waals surface area contributed by atoms with Gasteiger partial charge in [0.15, 0.2) is 11.6 Å². The van der Waals surface area contributed by atoms with E-state index in [1.807, 2.05) is 81.6 Å². The van der Waals surface area contributed by atoms with E-state index in [1.165, 1.54) is 0 Å². The first-order valence-corrected chi connectivity index (χ1v) is 15.1. The molecule has 1 amide bonds. The molecule has 42 heavy (non-hydrogen) atoms. The van der Waals surface area contributed by atoms with Crippen molar-refractivity contribution in [2.75, 3.05) is 13.2 Å². The smallest absolute Gasteiger partial charge is 0.306 e. The molecule has 0 aliphatic carbocycles. The molecule has 222 valence electrons. The lowest BCUT2D eigenvalue weighted by Crippen LogP contribution is -2.48. The summed E-state index contributed by atoms with van der Waals surface area (Å²) in [5.41, 5.74) is 1.32. The Labute approximate surface area is 250 Å². The number of thiazole rings is 1. The van der Waals surface area contributed by atoms with Gasteiger partial charge in [0.1, 0.15) is 11.4 Å². The third-order valence-corrected chi connectivity index (χ3v) is 7.97. The molecule has 0 saturated carbocycles. The van der Waals surface area contributed by atoms with Crippen molar-refractivity contribution in [2.24, 2.45) is 4.99 Å². The van der Waals surface area contributed by atoms with Crippen molar-refractivity contribution in [2.45, 2.75) is 77.3 Å². The summed E-state index contributed by atoms with van der Waals surface area (Å²) >= 11 is 1.54. The Morgan fingerprint density at radius 3 is 2.64 bits per heavy atom. The van der Waals surface area contributed by atoms with Gasteiger partial charge in [-0.15, -0.1) is 11.3 Å². The highest BCUT2D eigenvalue weighted by Gasteiger charge is 2.56. The number of hydrogen-bond acceptors (Lipinski definition) is 9. The standard InChI is InChI=1S/C32H37N3O6S/c1-21-33-24(20-42-21)19-35-18-23-8-5-6-9-26(23)28-32(30(35)38,15-14-27(37)41-31(2,3)4)34-29(40-28)22-10-12-25(13-11-22)39-17-7-16-36/h5-6,8-13,20,28,36H,7,14-19H2,1-4H3/t28-,32-/m0/s1. The van der Waals surface area contributed by atoms with Crippen LogP contribution in [-0.2, 0) is 32.2 Å². The summed E-state index contributed by atoms with van der Waals surface area (Å²) < 4.78 is 17.9. The number of aliphatic imine (C=N–C) groups is 1. The molecular formula is C32H37N3O6S. The van der Waals surface area contributed by atoms with Crippen LogP contribution in [0.3, 0.4) is 0 Å². The summed E-state index contributed by atoms with van der Waals surface area (Å²) in [5, 5.41) is 11.9. The van der Waals surface area contributed by atoms with Crippen molar-refractivity contribution in [3.63, 3.8) is 0 Å². The molecular weight excluding hydrogens is 554 g/mol. The second-order valence-corrected chi connectivity index (χ2v) is 12.7. The number of hydrogen-bond donors (Lipinski definition) is 1. The number of nitrogens with zero attached hydrogens (tertiary/aromatic N) is 3. The van der Waals surface area contributed by atoms with Gasteiger partial charge in [0.2, 0.25) is 5.90 Å². The third kappa shape index (κ3) is 6.50. The Kier molecular flexibility index (Phi) is 8.65. The molecule has 0 fully saturated rings. The number of fused-ring (bicyclic) bond motifs is 3. The summed E-state index contributed by atoms with van der Waals surface area (Å²) in [5.74, 6) is 0.388. The number of carbonyl (C=O) groups excluding carboxylic acids is 2. The summed E-state index contributed by atoms with van der Waals surface area (Å²) in [6, 6.07) is 15.2. The van der Waals surface area contributed by atoms with Crippen LogP contribution in [0.1, 0.15) is 73.5 Å². The fraction of sp³-hybridized carbons (Fsp3) is 0.438. The Morgan fingerprint density at radius 2 is 1.95 bits per heavy atom. The molecule has 2 atom stereocenters. The highest BCUT2D eigenvalue weighted by molar-refractivity contribution is 7.09. The van der Waals surface area contributed by atoms with Crippen LogP contribution in [0, 0.1) is 6.92 Å². The molecule has 0 saturated heterocycles. The maximum Gasteiger partial charge on any atom is 0.306 e. The fourth-order valence-electron chi connectivity index (χ4n) is 5.31. The van der Waals surface area contributed by atoms with E-state index in [9.17, 15) is 9.59 Å². The average Bonchev–Trinajstić information content (AvgIpc) is 3.53. The Balaban J connectivity index is 1.54. The number of aliphatic hydroxyl groups is 1. The van der Waals surface area contributed by atoms with E-state index in [0.29, 0.717) is 43.3 Å². The van der Waals surface area contributed by atoms with Crippen molar-refractivity contribution in [1.29, 1.82) is 0 Å². The van der Waals surface area contributed by atoms with E-state index in [2.05, 4.69) is 4.98 Å². The number of aliphatic hydroxyl groups excluding tert-OH is 1. The first-order chi connectivity index (χ1) is 20.1. The maximum atomic E-state index is 14.6. The third-order valence-electron chi connectivity index (χ3n) is 7.14. The fourth-order valence-corrected chi connectivity index (χ4v) is 5.91. The van der Waals surface area contributed by atoms with Crippen LogP contribution in [0.25, 0.3) is 0 Å². The molecule has 3 aromatic rings. The predicted molar refractivity (Wildman–Crippen MR) is 159 cm³/mol. The van der Waals surface area contributed by atoms with Gasteiger partial charge in [0, 0.05) is 42.5 Å². The average molecular weight is 592 g/mol. The molecule has 0 unspecified atom stereocenters. The summed E-state index contributed by atoms with van der Waals surface area (Å²) in [4.78, 5) is 39.0. The normalized spacial score (nSPS) is 19.8. The van der Waals surface area contributed by atoms with E-state index < -0.39 is 23.2 Å². The number of esters is 1. The van der Waals surface area contributed by atoms with Gasteiger partial charge in [-0.2, -0.15) is 0 Å². The molecule has 3 heterocycles. The van der Waals surface area contributed by atoms with Crippen molar-refractivity contribution < 1.29 is 28.9 Å². The van der Waals surface area contributed by atoms with Crippen LogP contribution < -0.4 is 4.74 Å². The Hall–Kier alpha value is -3.76. The van der Waals surface area contributed by atoms with E-state index >= 15 is 0 Å². The molecule has 1 aromatic heterocycles. The molecule has 2 aliphatic heterocycles. The molecule has 9 nitrogen and oxygen atoms in total. The van der Waals surface area contributed by atoms with E-state index in [4.69, 9.17) is 24.3 Å². The SMILES string of the molecule is Cc1nc(CN2Cc3ccccc3[C@@H]3OC(c4ccc(OCCCO)cc4)=N[C@]3(CCC(=O)OC(C)(C)C)C2=O)cs1. The molecule has 2 aromatic carbocycles. The molecule has 0 radical (unpaired) electrons. The quantitative estimate of drug-likeness (QED) is 0.257. The van der Waals surface area contributed by atoms with Gasteiger partial charge < -0.3 is 24.2 Å². The second-order valence-electron chi connectivity index (χ2n) is 11.6. The maximum absolute atomic E-state index is 14.6. The van der Waals surface area contributed by atoms with Gasteiger partial charge in [-0.05, 0) is 63.9 Å². The van der Waals surface area contributed by atoms with Gasteiger partial charge in [0.25, 0.3) is 5.91 Å². The highest BCUT2D eigenvalue weighted by Crippen LogP contribution is 2.47. The van der Waals surface area contributed by atoms with Crippen LogP contribution in [0.5, 0.6) is 5.75 Å². The first kappa shape index (κ1) is 29.7. The lowest BCUT2D eigenvalue weighted by atomic mass is 9.83. The molecule has 0 bridgehead atoms. The molecule has 0 spiro atoms. The predicted octanol–water partition coefficient (Wildman–Crippen LogP) is 5.13.